The van der Waals surface area contributed by atoms with Crippen LogP contribution in [0, 0.1) is 14.3 Å². The van der Waals surface area contributed by atoms with Gasteiger partial charge in [0.15, 0.2) is 0 Å². The second-order valence-corrected chi connectivity index (χ2v) is 24.4. The van der Waals surface area contributed by atoms with Gasteiger partial charge in [0.2, 0.25) is 0 Å². The molecule has 0 fully saturated rings. The molecule has 0 heterocycles. The molecule has 42 heavy (non-hydrogen) atoms. The Morgan fingerprint density at radius 3 is 0.881 bits per heavy atom. The summed E-state index contributed by atoms with van der Waals surface area (Å²) in [6.45, 7) is 0. The molecular weight excluding hydrogens is 1720 g/mol. The van der Waals surface area contributed by atoms with Gasteiger partial charge in [-0.1, -0.05) is 43.2 Å². The van der Waals surface area contributed by atoms with Gasteiger partial charge >= 0.3 is 0 Å². The molecular formula is C24H6Br10I4S4. The summed E-state index contributed by atoms with van der Waals surface area (Å²) < 4.78 is 14.8. The van der Waals surface area contributed by atoms with E-state index in [0.717, 1.165) is 54.5 Å². The third kappa shape index (κ3) is 11.5. The van der Waals surface area contributed by atoms with Gasteiger partial charge in [-0.25, -0.2) is 0 Å². The number of rotatable bonds is 6. The maximum absolute atomic E-state index is 3.66. The molecule has 224 valence electrons. The highest BCUT2D eigenvalue weighted by Gasteiger charge is 2.22. The van der Waals surface area contributed by atoms with E-state index in [1.165, 1.54) is 24.1 Å². The average Bonchev–Trinajstić information content (AvgIpc) is 2.95. The Morgan fingerprint density at radius 1 is 0.357 bits per heavy atom. The first kappa shape index (κ1) is 42.4. The number of benzene rings is 4. The molecule has 0 aliphatic carbocycles. The molecule has 0 saturated carbocycles. The fourth-order valence-corrected chi connectivity index (χ4v) is 20.7. The van der Waals surface area contributed by atoms with Crippen LogP contribution >= 0.6 is 293 Å². The molecule has 0 amide bonds. The van der Waals surface area contributed by atoms with Crippen LogP contribution in [0.4, 0.5) is 0 Å². The molecule has 0 spiro atoms. The lowest BCUT2D eigenvalue weighted by atomic mass is 10.4. The largest absolute Gasteiger partial charge is 0.0514 e. The molecule has 4 aromatic rings. The van der Waals surface area contributed by atoms with Crippen LogP contribution in [0.15, 0.2) is 101 Å². The molecule has 0 nitrogen and oxygen atoms in total. The number of hydrogen-bond donors (Lipinski definition) is 0. The summed E-state index contributed by atoms with van der Waals surface area (Å²) in [6, 6.07) is 13.1. The smallest absolute Gasteiger partial charge is 0.0494 e. The lowest BCUT2D eigenvalue weighted by Gasteiger charge is -2.15. The van der Waals surface area contributed by atoms with Gasteiger partial charge in [-0.05, 0) is 286 Å². The minimum Gasteiger partial charge on any atom is -0.0514 e. The van der Waals surface area contributed by atoms with E-state index in [2.05, 4.69) is 286 Å². The van der Waals surface area contributed by atoms with Gasteiger partial charge in [-0.2, -0.15) is 0 Å². The topological polar surface area (TPSA) is 0 Å². The normalized spacial score (nSPS) is 11.0. The average molecular weight is 1730 g/mol. The Labute approximate surface area is 399 Å². The van der Waals surface area contributed by atoms with E-state index in [-0.39, 0.29) is 0 Å². The quantitative estimate of drug-likeness (QED) is 0.0816. The van der Waals surface area contributed by atoms with Gasteiger partial charge < -0.3 is 0 Å². The van der Waals surface area contributed by atoms with E-state index in [4.69, 9.17) is 0 Å². The van der Waals surface area contributed by atoms with Crippen molar-refractivity contribution in [2.45, 2.75) is 19.6 Å². The maximum Gasteiger partial charge on any atom is 0.0494 e. The highest BCUT2D eigenvalue weighted by atomic mass is 127. The van der Waals surface area contributed by atoms with Crippen LogP contribution < -0.4 is 0 Å². The summed E-state index contributed by atoms with van der Waals surface area (Å²) in [5, 5.41) is 0. The van der Waals surface area contributed by atoms with Crippen LogP contribution in [0.3, 0.4) is 0 Å². The van der Waals surface area contributed by atoms with Gasteiger partial charge in [0, 0.05) is 78.6 Å². The van der Waals surface area contributed by atoms with E-state index in [0.29, 0.717) is 0 Å². The molecule has 0 unspecified atom stereocenters. The van der Waals surface area contributed by atoms with Crippen molar-refractivity contribution in [1.29, 1.82) is 0 Å². The van der Waals surface area contributed by atoms with Crippen molar-refractivity contribution in [2.24, 2.45) is 0 Å². The first-order valence-electron chi connectivity index (χ1n) is 10.3. The van der Waals surface area contributed by atoms with Crippen LogP contribution in [0.25, 0.3) is 0 Å². The van der Waals surface area contributed by atoms with E-state index in [9.17, 15) is 0 Å². The Kier molecular flexibility index (Phi) is 20.5. The predicted octanol–water partition coefficient (Wildman–Crippen LogP) is 19.0. The fourth-order valence-electron chi connectivity index (χ4n) is 2.57. The lowest BCUT2D eigenvalue weighted by molar-refractivity contribution is 1.28. The van der Waals surface area contributed by atoms with Crippen molar-refractivity contribution >= 4 is 293 Å². The molecule has 0 radical (unpaired) electrons. The monoisotopic (exact) mass is 1720 g/mol. The van der Waals surface area contributed by atoms with Gasteiger partial charge in [-0.15, -0.1) is 0 Å². The Hall–Kier alpha value is 6.00. The fraction of sp³-hybridized carbons (Fsp3) is 0. The molecule has 0 aromatic heterocycles. The highest BCUT2D eigenvalue weighted by Crippen LogP contribution is 2.56. The molecule has 0 N–H and O–H groups in total. The minimum absolute atomic E-state index is 0.951. The van der Waals surface area contributed by atoms with Crippen LogP contribution in [0.2, 0.25) is 0 Å². The molecule has 4 aromatic carbocycles. The van der Waals surface area contributed by atoms with Crippen LogP contribution in [-0.2, 0) is 0 Å². The van der Waals surface area contributed by atoms with Crippen LogP contribution in [0.5, 0.6) is 0 Å². The lowest BCUT2D eigenvalue weighted by Crippen LogP contribution is -1.86. The Morgan fingerprint density at radius 2 is 0.619 bits per heavy atom. The van der Waals surface area contributed by atoms with E-state index in [1.807, 2.05) is 21.6 Å². The SMILES string of the molecule is Brc1c(Br)c(Br)c(SSc2c(Br)c(Br)c(Br)c(Br)c2Br)c(Br)c1Br.Ic1ccc(SSc2ccc(I)cc2I)c(I)c1. The van der Waals surface area contributed by atoms with E-state index in [1.54, 1.807) is 21.6 Å². The molecule has 0 aliphatic heterocycles. The zero-order valence-corrected chi connectivity index (χ0v) is 47.1. The molecule has 0 saturated heterocycles. The highest BCUT2D eigenvalue weighted by molar-refractivity contribution is 14.1. The summed E-state index contributed by atoms with van der Waals surface area (Å²) in [4.78, 5) is 4.79. The first-order chi connectivity index (χ1) is 19.6. The van der Waals surface area contributed by atoms with Crippen molar-refractivity contribution in [3.63, 3.8) is 0 Å². The summed E-state index contributed by atoms with van der Waals surface area (Å²) in [6.07, 6.45) is 0. The molecule has 18 heteroatoms. The third-order valence-electron chi connectivity index (χ3n) is 4.56. The van der Waals surface area contributed by atoms with Crippen molar-refractivity contribution < 1.29 is 0 Å². The summed E-state index contributed by atoms with van der Waals surface area (Å²) in [5.41, 5.74) is 0. The first-order valence-corrected chi connectivity index (χ1v) is 26.8. The van der Waals surface area contributed by atoms with Crippen molar-refractivity contribution in [2.75, 3.05) is 0 Å². The van der Waals surface area contributed by atoms with Crippen LogP contribution in [-0.4, -0.2) is 0 Å². The van der Waals surface area contributed by atoms with Crippen molar-refractivity contribution in [1.82, 2.24) is 0 Å². The molecule has 4 rings (SSSR count). The van der Waals surface area contributed by atoms with Crippen molar-refractivity contribution in [3.8, 4) is 0 Å². The second-order valence-electron chi connectivity index (χ2n) is 7.28. The van der Waals surface area contributed by atoms with Gasteiger partial charge in [0.05, 0.1) is 0 Å². The molecule has 0 atom stereocenters. The third-order valence-corrected chi connectivity index (χ3v) is 26.6. The molecule has 0 bridgehead atoms. The number of hydrogen-bond acceptors (Lipinski definition) is 4. The van der Waals surface area contributed by atoms with Gasteiger partial charge in [0.25, 0.3) is 0 Å². The number of halogens is 14. The van der Waals surface area contributed by atoms with Gasteiger partial charge in [-0.3, -0.25) is 0 Å². The standard InChI is InChI=1S/C12Br10S2.C12H6I4S2/c13-1-3(15)7(19)11(8(20)4(1)16)23-24-12-9(21)5(17)2(14)6(18)10(12)22;13-7-1-3-11(9(15)5-7)17-18-12-4-2-8(14)6-10(12)16/h;1-6H. The summed E-state index contributed by atoms with van der Waals surface area (Å²) in [7, 11) is 6.94. The zero-order valence-electron chi connectivity index (χ0n) is 19.4. The Balaban J connectivity index is 0.000000240. The summed E-state index contributed by atoms with van der Waals surface area (Å²) in [5.74, 6) is 0. The van der Waals surface area contributed by atoms with Crippen LogP contribution in [0.1, 0.15) is 0 Å². The van der Waals surface area contributed by atoms with E-state index < -0.39 is 0 Å². The Bertz CT molecular complexity index is 1480. The predicted molar refractivity (Wildman–Crippen MR) is 257 cm³/mol. The van der Waals surface area contributed by atoms with Crippen molar-refractivity contribution in [3.05, 3.63) is 95.4 Å². The molecule has 0 aliphatic rings. The summed E-state index contributed by atoms with van der Waals surface area (Å²) >= 11 is 45.6. The zero-order chi connectivity index (χ0) is 31.5. The maximum atomic E-state index is 3.66. The van der Waals surface area contributed by atoms with E-state index >= 15 is 0 Å². The van der Waals surface area contributed by atoms with Gasteiger partial charge in [0.1, 0.15) is 0 Å². The minimum atomic E-state index is 0.951. The second kappa shape index (κ2) is 20.3.